The topological polar surface area (TPSA) is 69.0 Å². The Morgan fingerprint density at radius 1 is 1.11 bits per heavy atom. The first kappa shape index (κ1) is 19.5. The van der Waals surface area contributed by atoms with Crippen LogP contribution in [-0.2, 0) is 12.8 Å². The summed E-state index contributed by atoms with van der Waals surface area (Å²) in [5, 5.41) is 11.0. The lowest BCUT2D eigenvalue weighted by molar-refractivity contribution is -0.0498. The zero-order valence-corrected chi connectivity index (χ0v) is 15.5. The van der Waals surface area contributed by atoms with Gasteiger partial charge in [-0.1, -0.05) is 37.3 Å². The summed E-state index contributed by atoms with van der Waals surface area (Å²) in [6, 6.07) is 13.6. The Labute approximate surface area is 161 Å². The molecular weight excluding hydrogens is 366 g/mol. The molecule has 1 aromatic heterocycles. The molecular formula is C20H20F2N4O2. The number of benzene rings is 2. The number of halogens is 2. The molecule has 1 N–H and O–H groups in total. The van der Waals surface area contributed by atoms with Gasteiger partial charge in [0.15, 0.2) is 5.69 Å². The van der Waals surface area contributed by atoms with Crippen molar-refractivity contribution >= 4 is 11.6 Å². The van der Waals surface area contributed by atoms with E-state index in [1.54, 1.807) is 12.1 Å². The highest BCUT2D eigenvalue weighted by atomic mass is 19.3. The number of para-hydroxylation sites is 1. The Bertz CT molecular complexity index is 955. The first-order valence-corrected chi connectivity index (χ1v) is 8.92. The minimum Gasteiger partial charge on any atom is -0.435 e. The second kappa shape index (κ2) is 8.60. The van der Waals surface area contributed by atoms with E-state index in [0.29, 0.717) is 17.8 Å². The molecule has 0 aliphatic rings. The summed E-state index contributed by atoms with van der Waals surface area (Å²) in [6.07, 6.45) is 1.30. The zero-order valence-electron chi connectivity index (χ0n) is 15.5. The summed E-state index contributed by atoms with van der Waals surface area (Å²) < 4.78 is 30.5. The van der Waals surface area contributed by atoms with E-state index in [2.05, 4.69) is 20.4 Å². The van der Waals surface area contributed by atoms with E-state index in [1.165, 1.54) is 16.8 Å². The Balaban J connectivity index is 1.86. The maximum atomic E-state index is 12.8. The van der Waals surface area contributed by atoms with E-state index >= 15 is 0 Å². The average molecular weight is 386 g/mol. The van der Waals surface area contributed by atoms with E-state index in [4.69, 9.17) is 0 Å². The highest BCUT2D eigenvalue weighted by Crippen LogP contribution is 2.21. The Hall–Kier alpha value is -3.29. The number of ether oxygens (including phenoxy) is 1. The van der Waals surface area contributed by atoms with Gasteiger partial charge in [-0.3, -0.25) is 4.79 Å². The van der Waals surface area contributed by atoms with Crippen LogP contribution in [0.2, 0.25) is 0 Å². The molecule has 0 unspecified atom stereocenters. The van der Waals surface area contributed by atoms with Crippen LogP contribution in [0.3, 0.4) is 0 Å². The largest absolute Gasteiger partial charge is 0.435 e. The number of rotatable bonds is 7. The Morgan fingerprint density at radius 2 is 1.82 bits per heavy atom. The lowest BCUT2D eigenvalue weighted by Gasteiger charge is -2.10. The lowest BCUT2D eigenvalue weighted by atomic mass is 10.1. The van der Waals surface area contributed by atoms with Crippen molar-refractivity contribution in [3.8, 4) is 11.4 Å². The number of aryl methyl sites for hydroxylation is 1. The monoisotopic (exact) mass is 386 g/mol. The summed E-state index contributed by atoms with van der Waals surface area (Å²) >= 11 is 0. The fourth-order valence-corrected chi connectivity index (χ4v) is 2.90. The molecule has 6 nitrogen and oxygen atoms in total. The summed E-state index contributed by atoms with van der Waals surface area (Å²) in [7, 11) is 0. The van der Waals surface area contributed by atoms with Crippen LogP contribution in [0, 0.1) is 0 Å². The lowest BCUT2D eigenvalue weighted by Crippen LogP contribution is -2.16. The molecule has 0 atom stereocenters. The third-order valence-corrected chi connectivity index (χ3v) is 4.27. The molecule has 0 fully saturated rings. The first-order chi connectivity index (χ1) is 13.5. The van der Waals surface area contributed by atoms with Crippen LogP contribution in [0.4, 0.5) is 14.5 Å². The number of anilines is 1. The molecule has 0 saturated heterocycles. The van der Waals surface area contributed by atoms with Gasteiger partial charge in [0.25, 0.3) is 5.91 Å². The van der Waals surface area contributed by atoms with Gasteiger partial charge in [0.2, 0.25) is 0 Å². The molecule has 0 aliphatic carbocycles. The standard InChI is InChI=1S/C20H20F2N4O2/c1-3-13-7-5-6-8-16(13)23-19(27)18-17(4-2)26(25-24-18)14-9-11-15(12-10-14)28-20(21)22/h5-12,20H,3-4H2,1-2H3,(H,23,27). The second-order valence-electron chi connectivity index (χ2n) is 5.99. The van der Waals surface area contributed by atoms with Crippen molar-refractivity contribution in [1.29, 1.82) is 0 Å². The van der Waals surface area contributed by atoms with E-state index in [-0.39, 0.29) is 17.4 Å². The molecule has 146 valence electrons. The Morgan fingerprint density at radius 3 is 2.46 bits per heavy atom. The number of hydrogen-bond donors (Lipinski definition) is 1. The molecule has 0 saturated carbocycles. The Kier molecular flexibility index (Phi) is 5.98. The van der Waals surface area contributed by atoms with Crippen LogP contribution in [0.25, 0.3) is 5.69 Å². The van der Waals surface area contributed by atoms with Crippen molar-refractivity contribution in [2.75, 3.05) is 5.32 Å². The summed E-state index contributed by atoms with van der Waals surface area (Å²) in [5.41, 5.74) is 3.20. The molecule has 1 amide bonds. The van der Waals surface area contributed by atoms with Gasteiger partial charge in [0, 0.05) is 5.69 Å². The van der Waals surface area contributed by atoms with E-state index in [1.807, 2.05) is 38.1 Å². The molecule has 28 heavy (non-hydrogen) atoms. The average Bonchev–Trinajstić information content (AvgIpc) is 3.12. The van der Waals surface area contributed by atoms with Crippen LogP contribution in [0.5, 0.6) is 5.75 Å². The first-order valence-electron chi connectivity index (χ1n) is 8.92. The highest BCUT2D eigenvalue weighted by molar-refractivity contribution is 6.04. The predicted octanol–water partition coefficient (Wildman–Crippen LogP) is 4.25. The molecule has 8 heteroatoms. The minimum absolute atomic E-state index is 0.0473. The molecule has 0 radical (unpaired) electrons. The number of carbonyl (C=O) groups is 1. The maximum Gasteiger partial charge on any atom is 0.387 e. The van der Waals surface area contributed by atoms with Crippen LogP contribution in [0.15, 0.2) is 48.5 Å². The van der Waals surface area contributed by atoms with Gasteiger partial charge in [-0.25, -0.2) is 4.68 Å². The molecule has 3 rings (SSSR count). The molecule has 0 bridgehead atoms. The van der Waals surface area contributed by atoms with Crippen molar-refractivity contribution in [2.45, 2.75) is 33.3 Å². The molecule has 3 aromatic rings. The third kappa shape index (κ3) is 4.16. The number of hydrogen-bond acceptors (Lipinski definition) is 4. The van der Waals surface area contributed by atoms with E-state index < -0.39 is 6.61 Å². The van der Waals surface area contributed by atoms with Crippen LogP contribution >= 0.6 is 0 Å². The fraction of sp³-hybridized carbons (Fsp3) is 0.250. The molecule has 1 heterocycles. The predicted molar refractivity (Wildman–Crippen MR) is 101 cm³/mol. The van der Waals surface area contributed by atoms with Gasteiger partial charge in [-0.2, -0.15) is 8.78 Å². The maximum absolute atomic E-state index is 12.8. The molecule has 0 aliphatic heterocycles. The number of alkyl halides is 2. The van der Waals surface area contributed by atoms with Crippen molar-refractivity contribution in [2.24, 2.45) is 0 Å². The van der Waals surface area contributed by atoms with E-state index in [0.717, 1.165) is 17.7 Å². The number of carbonyl (C=O) groups excluding carboxylic acids is 1. The molecule has 2 aromatic carbocycles. The van der Waals surface area contributed by atoms with Gasteiger partial charge in [0.05, 0.1) is 11.4 Å². The summed E-state index contributed by atoms with van der Waals surface area (Å²) in [6.45, 7) is 1.02. The van der Waals surface area contributed by atoms with Crippen molar-refractivity contribution in [3.05, 3.63) is 65.5 Å². The quantitative estimate of drug-likeness (QED) is 0.659. The third-order valence-electron chi connectivity index (χ3n) is 4.27. The number of nitrogens with zero attached hydrogens (tertiary/aromatic N) is 3. The second-order valence-corrected chi connectivity index (χ2v) is 5.99. The molecule has 0 spiro atoms. The smallest absolute Gasteiger partial charge is 0.387 e. The van der Waals surface area contributed by atoms with Gasteiger partial charge in [0.1, 0.15) is 5.75 Å². The highest BCUT2D eigenvalue weighted by Gasteiger charge is 2.20. The van der Waals surface area contributed by atoms with Gasteiger partial charge >= 0.3 is 6.61 Å². The number of nitrogens with one attached hydrogen (secondary N) is 1. The van der Waals surface area contributed by atoms with E-state index in [9.17, 15) is 13.6 Å². The van der Waals surface area contributed by atoms with Gasteiger partial charge in [-0.15, -0.1) is 5.10 Å². The van der Waals surface area contributed by atoms with Gasteiger partial charge in [-0.05, 0) is 48.7 Å². The van der Waals surface area contributed by atoms with Crippen molar-refractivity contribution in [1.82, 2.24) is 15.0 Å². The van der Waals surface area contributed by atoms with Crippen molar-refractivity contribution in [3.63, 3.8) is 0 Å². The number of aromatic nitrogens is 3. The SMILES string of the molecule is CCc1ccccc1NC(=O)c1nnn(-c2ccc(OC(F)F)cc2)c1CC. The summed E-state index contributed by atoms with van der Waals surface area (Å²) in [5.74, 6) is -0.298. The van der Waals surface area contributed by atoms with Crippen LogP contribution in [-0.4, -0.2) is 27.5 Å². The van der Waals surface area contributed by atoms with Crippen LogP contribution < -0.4 is 10.1 Å². The fourth-order valence-electron chi connectivity index (χ4n) is 2.90. The minimum atomic E-state index is -2.88. The van der Waals surface area contributed by atoms with Crippen LogP contribution in [0.1, 0.15) is 35.6 Å². The van der Waals surface area contributed by atoms with Gasteiger partial charge < -0.3 is 10.1 Å². The van der Waals surface area contributed by atoms with Crippen molar-refractivity contribution < 1.29 is 18.3 Å². The number of amides is 1. The normalized spacial score (nSPS) is 10.9. The zero-order chi connectivity index (χ0) is 20.1. The summed E-state index contributed by atoms with van der Waals surface area (Å²) in [4.78, 5) is 12.8.